The monoisotopic (exact) mass is 517 g/mol. The third kappa shape index (κ3) is 4.80. The highest BCUT2D eigenvalue weighted by Gasteiger charge is 2.31. The first-order valence-corrected chi connectivity index (χ1v) is 13.9. The zero-order valence-electron chi connectivity index (χ0n) is 21.7. The van der Waals surface area contributed by atoms with Crippen molar-refractivity contribution in [3.05, 3.63) is 78.4 Å². The highest BCUT2D eigenvalue weighted by molar-refractivity contribution is 7.54. The normalized spacial score (nSPS) is 14.6. The first-order valence-electron chi connectivity index (χ1n) is 12.3. The van der Waals surface area contributed by atoms with Gasteiger partial charge < -0.3 is 14.3 Å². The number of benzene rings is 3. The van der Waals surface area contributed by atoms with E-state index in [1.807, 2.05) is 77.7 Å². The Labute approximate surface area is 217 Å². The van der Waals surface area contributed by atoms with Gasteiger partial charge in [0.05, 0.1) is 16.6 Å². The van der Waals surface area contributed by atoms with Crippen LogP contribution >= 0.6 is 7.67 Å². The quantitative estimate of drug-likeness (QED) is 0.265. The Morgan fingerprint density at radius 2 is 1.38 bits per heavy atom. The number of hydrogen-bond donors (Lipinski definition) is 0. The Bertz CT molecular complexity index is 1430. The van der Waals surface area contributed by atoms with Crippen molar-refractivity contribution in [1.29, 1.82) is 0 Å². The van der Waals surface area contributed by atoms with Gasteiger partial charge in [-0.15, -0.1) is 0 Å². The van der Waals surface area contributed by atoms with Crippen molar-refractivity contribution in [3.63, 3.8) is 0 Å². The van der Waals surface area contributed by atoms with E-state index in [0.29, 0.717) is 37.5 Å². The van der Waals surface area contributed by atoms with Gasteiger partial charge in [-0.2, -0.15) is 0 Å². The number of anilines is 1. The van der Waals surface area contributed by atoms with E-state index in [1.54, 1.807) is 37.5 Å². The van der Waals surface area contributed by atoms with E-state index in [1.165, 1.54) is 0 Å². The molecule has 5 rings (SSSR count). The molecular weight excluding hydrogens is 485 g/mol. The number of hydrogen-bond acceptors (Lipinski definition) is 5. The van der Waals surface area contributed by atoms with Crippen LogP contribution in [0.4, 0.5) is 5.69 Å². The van der Waals surface area contributed by atoms with Gasteiger partial charge in [-0.3, -0.25) is 4.79 Å². The molecular formula is C28H32N5O3P. The minimum atomic E-state index is -3.15. The van der Waals surface area contributed by atoms with Gasteiger partial charge in [-0.1, -0.05) is 42.5 Å². The molecule has 0 radical (unpaired) electrons. The molecule has 3 aromatic carbocycles. The van der Waals surface area contributed by atoms with Gasteiger partial charge in [0, 0.05) is 48.7 Å². The topological polar surface area (TPSA) is 69.2 Å². The molecule has 0 unspecified atom stereocenters. The average molecular weight is 518 g/mol. The molecule has 0 N–H and O–H groups in total. The summed E-state index contributed by atoms with van der Waals surface area (Å²) in [4.78, 5) is 22.7. The fraction of sp³-hybridized carbons (Fsp3) is 0.286. The zero-order chi connectivity index (χ0) is 26.2. The molecule has 2 heterocycles. The van der Waals surface area contributed by atoms with E-state index in [9.17, 15) is 9.36 Å². The molecule has 1 aliphatic heterocycles. The van der Waals surface area contributed by atoms with Gasteiger partial charge in [-0.25, -0.2) is 18.9 Å². The number of amides is 1. The lowest BCUT2D eigenvalue weighted by Crippen LogP contribution is -2.48. The summed E-state index contributed by atoms with van der Waals surface area (Å²) in [7, 11) is 3.83. The number of carbonyl (C=O) groups is 1. The SMILES string of the molecule is CN(C)P(=O)(Oc1cccc(N2CCN(C(=O)c3c4ccccc4nc4ccccc34)CC2)c1)N(C)C. The summed E-state index contributed by atoms with van der Waals surface area (Å²) in [6, 6.07) is 23.3. The number of piperazine rings is 1. The highest BCUT2D eigenvalue weighted by atomic mass is 31.2. The molecule has 0 saturated carbocycles. The molecule has 8 nitrogen and oxygen atoms in total. The highest BCUT2D eigenvalue weighted by Crippen LogP contribution is 2.50. The molecule has 0 atom stereocenters. The van der Waals surface area contributed by atoms with Crippen LogP contribution in [0.3, 0.4) is 0 Å². The second-order valence-electron chi connectivity index (χ2n) is 9.57. The van der Waals surface area contributed by atoms with Crippen LogP contribution in [0.2, 0.25) is 0 Å². The van der Waals surface area contributed by atoms with Crippen molar-refractivity contribution < 1.29 is 13.9 Å². The number of carbonyl (C=O) groups excluding carboxylic acids is 1. The Kier molecular flexibility index (Phi) is 6.90. The van der Waals surface area contributed by atoms with Crippen LogP contribution in [-0.4, -0.2) is 79.5 Å². The first kappa shape index (κ1) is 25.2. The summed E-state index contributed by atoms with van der Waals surface area (Å²) < 4.78 is 22.5. The summed E-state index contributed by atoms with van der Waals surface area (Å²) in [5.41, 5.74) is 3.35. The fourth-order valence-electron chi connectivity index (χ4n) is 4.79. The average Bonchev–Trinajstić information content (AvgIpc) is 2.91. The molecule has 0 spiro atoms. The molecule has 1 fully saturated rings. The Morgan fingerprint density at radius 1 is 0.811 bits per heavy atom. The van der Waals surface area contributed by atoms with Crippen LogP contribution < -0.4 is 9.42 Å². The first-order chi connectivity index (χ1) is 17.8. The second-order valence-corrected chi connectivity index (χ2v) is 12.3. The maximum absolute atomic E-state index is 13.8. The van der Waals surface area contributed by atoms with Gasteiger partial charge in [0.25, 0.3) is 5.91 Å². The molecule has 0 aliphatic carbocycles. The summed E-state index contributed by atoms with van der Waals surface area (Å²) >= 11 is 0. The number of fused-ring (bicyclic) bond motifs is 2. The van der Waals surface area contributed by atoms with Gasteiger partial charge >= 0.3 is 7.67 Å². The number of nitrogens with zero attached hydrogens (tertiary/aromatic N) is 5. The van der Waals surface area contributed by atoms with Gasteiger partial charge in [0.2, 0.25) is 0 Å². The minimum absolute atomic E-state index is 0.0319. The zero-order valence-corrected chi connectivity index (χ0v) is 22.6. The van der Waals surface area contributed by atoms with Crippen molar-refractivity contribution in [2.24, 2.45) is 0 Å². The van der Waals surface area contributed by atoms with Crippen molar-refractivity contribution >= 4 is 41.1 Å². The van der Waals surface area contributed by atoms with E-state index in [0.717, 1.165) is 27.5 Å². The summed E-state index contributed by atoms with van der Waals surface area (Å²) in [6.07, 6.45) is 0. The summed E-state index contributed by atoms with van der Waals surface area (Å²) in [5, 5.41) is 1.76. The fourth-order valence-corrected chi connectivity index (χ4v) is 6.22. The van der Waals surface area contributed by atoms with E-state index in [2.05, 4.69) is 4.90 Å². The Balaban J connectivity index is 1.36. The molecule has 9 heteroatoms. The largest absolute Gasteiger partial charge is 0.422 e. The molecule has 1 saturated heterocycles. The standard InChI is InChI=1S/C28H32N5O3P/c1-30(2)37(35,31(3)4)36-22-11-9-10-21(20-22)32-16-18-33(19-17-32)28(34)27-23-12-5-7-14-25(23)29-26-15-8-6-13-24(26)27/h5-15,20H,16-19H2,1-4H3. The lowest BCUT2D eigenvalue weighted by Gasteiger charge is -2.36. The van der Waals surface area contributed by atoms with Crippen molar-refractivity contribution in [2.45, 2.75) is 0 Å². The lowest BCUT2D eigenvalue weighted by atomic mass is 10.0. The van der Waals surface area contributed by atoms with Crippen LogP contribution in [-0.2, 0) is 4.57 Å². The molecule has 37 heavy (non-hydrogen) atoms. The van der Waals surface area contributed by atoms with Crippen molar-refractivity contribution in [3.8, 4) is 5.75 Å². The maximum Gasteiger partial charge on any atom is 0.394 e. The van der Waals surface area contributed by atoms with Crippen molar-refractivity contribution in [2.75, 3.05) is 59.3 Å². The molecule has 1 amide bonds. The number of para-hydroxylation sites is 2. The van der Waals surface area contributed by atoms with Gasteiger partial charge in [-0.05, 0) is 52.5 Å². The third-order valence-electron chi connectivity index (χ3n) is 6.79. The maximum atomic E-state index is 13.8. The molecule has 1 aromatic heterocycles. The van der Waals surface area contributed by atoms with E-state index in [4.69, 9.17) is 9.51 Å². The van der Waals surface area contributed by atoms with Crippen LogP contribution in [0.15, 0.2) is 72.8 Å². The Hall–Kier alpha value is -3.45. The lowest BCUT2D eigenvalue weighted by molar-refractivity contribution is 0.0750. The van der Waals surface area contributed by atoms with Crippen LogP contribution in [0.5, 0.6) is 5.75 Å². The number of rotatable bonds is 6. The number of aromatic nitrogens is 1. The van der Waals surface area contributed by atoms with Crippen LogP contribution in [0.1, 0.15) is 10.4 Å². The van der Waals surface area contributed by atoms with Gasteiger partial charge in [0.1, 0.15) is 5.75 Å². The molecule has 0 bridgehead atoms. The van der Waals surface area contributed by atoms with E-state index in [-0.39, 0.29) is 5.91 Å². The van der Waals surface area contributed by atoms with Crippen molar-refractivity contribution in [1.82, 2.24) is 19.2 Å². The van der Waals surface area contributed by atoms with E-state index >= 15 is 0 Å². The summed E-state index contributed by atoms with van der Waals surface area (Å²) in [6.45, 7) is 2.58. The molecule has 192 valence electrons. The van der Waals surface area contributed by atoms with Crippen LogP contribution in [0.25, 0.3) is 21.8 Å². The predicted molar refractivity (Wildman–Crippen MR) is 149 cm³/mol. The number of pyridine rings is 1. The van der Waals surface area contributed by atoms with E-state index < -0.39 is 7.67 Å². The van der Waals surface area contributed by atoms with Gasteiger partial charge in [0.15, 0.2) is 0 Å². The minimum Gasteiger partial charge on any atom is -0.422 e. The summed E-state index contributed by atoms with van der Waals surface area (Å²) in [5.74, 6) is 0.584. The predicted octanol–water partition coefficient (Wildman–Crippen LogP) is 4.96. The second kappa shape index (κ2) is 10.1. The molecule has 1 aliphatic rings. The third-order valence-corrected chi connectivity index (χ3v) is 9.26. The molecule has 4 aromatic rings. The van der Waals surface area contributed by atoms with Crippen LogP contribution in [0, 0.1) is 0 Å². The Morgan fingerprint density at radius 3 is 1.95 bits per heavy atom. The smallest absolute Gasteiger partial charge is 0.394 e.